The molecule has 0 atom stereocenters. The smallest absolute Gasteiger partial charge is 0.227 e. The third-order valence-electron chi connectivity index (χ3n) is 5.60. The quantitative estimate of drug-likeness (QED) is 0.637. The van der Waals surface area contributed by atoms with Crippen LogP contribution in [0.1, 0.15) is 23.6 Å². The minimum atomic E-state index is 0.204. The molecule has 5 nitrogen and oxygen atoms in total. The molecule has 4 rings (SSSR count). The van der Waals surface area contributed by atoms with Crippen LogP contribution in [-0.4, -0.2) is 49.1 Å². The molecule has 3 aromatic rings. The van der Waals surface area contributed by atoms with Crippen molar-refractivity contribution in [1.29, 1.82) is 0 Å². The summed E-state index contributed by atoms with van der Waals surface area (Å²) in [7, 11) is 1.68. The molecule has 0 bridgehead atoms. The molecule has 0 saturated carbocycles. The third kappa shape index (κ3) is 4.08. The highest BCUT2D eigenvalue weighted by molar-refractivity contribution is 7.22. The second kappa shape index (κ2) is 8.41. The summed E-state index contributed by atoms with van der Waals surface area (Å²) in [4.78, 5) is 21.8. The minimum absolute atomic E-state index is 0.204. The van der Waals surface area contributed by atoms with Gasteiger partial charge in [0.15, 0.2) is 5.13 Å². The van der Waals surface area contributed by atoms with Crippen molar-refractivity contribution in [3.63, 3.8) is 0 Å². The van der Waals surface area contributed by atoms with Gasteiger partial charge >= 0.3 is 0 Å². The van der Waals surface area contributed by atoms with E-state index in [1.807, 2.05) is 11.0 Å². The summed E-state index contributed by atoms with van der Waals surface area (Å²) in [6.07, 6.45) is 1.49. The number of ether oxygens (including phenoxy) is 1. The SMILES string of the molecule is CCc1ccc(CC(=O)N2CCN(c3nc4c(OC)ccc(C)c4s3)CC2)cc1. The molecule has 0 aliphatic carbocycles. The molecule has 6 heteroatoms. The molecule has 0 unspecified atom stereocenters. The van der Waals surface area contributed by atoms with Crippen molar-refractivity contribution in [2.45, 2.75) is 26.7 Å². The molecular formula is C23H27N3O2S. The lowest BCUT2D eigenvalue weighted by Gasteiger charge is -2.34. The number of aromatic nitrogens is 1. The van der Waals surface area contributed by atoms with Crippen LogP contribution >= 0.6 is 11.3 Å². The first-order valence-electron chi connectivity index (χ1n) is 10.1. The number of hydrogen-bond acceptors (Lipinski definition) is 5. The Morgan fingerprint density at radius 3 is 2.41 bits per heavy atom. The molecule has 1 saturated heterocycles. The Kier molecular flexibility index (Phi) is 5.72. The zero-order valence-corrected chi connectivity index (χ0v) is 18.1. The van der Waals surface area contributed by atoms with Crippen molar-refractivity contribution >= 4 is 32.6 Å². The summed E-state index contributed by atoms with van der Waals surface area (Å²) in [6.45, 7) is 7.33. The van der Waals surface area contributed by atoms with Crippen molar-refractivity contribution in [3.05, 3.63) is 53.1 Å². The zero-order chi connectivity index (χ0) is 20.4. The van der Waals surface area contributed by atoms with E-state index in [2.05, 4.69) is 49.1 Å². The molecule has 1 aliphatic rings. The average Bonchev–Trinajstić information content (AvgIpc) is 3.21. The molecular weight excluding hydrogens is 382 g/mol. The number of hydrogen-bond donors (Lipinski definition) is 0. The van der Waals surface area contributed by atoms with Gasteiger partial charge in [-0.3, -0.25) is 4.79 Å². The van der Waals surface area contributed by atoms with E-state index in [0.29, 0.717) is 6.42 Å². The van der Waals surface area contributed by atoms with Crippen LogP contribution in [0, 0.1) is 6.92 Å². The predicted molar refractivity (Wildman–Crippen MR) is 119 cm³/mol. The van der Waals surface area contributed by atoms with E-state index in [1.54, 1.807) is 18.4 Å². The number of anilines is 1. The summed E-state index contributed by atoms with van der Waals surface area (Å²) < 4.78 is 6.65. The molecule has 0 spiro atoms. The molecule has 152 valence electrons. The Morgan fingerprint density at radius 2 is 1.76 bits per heavy atom. The van der Waals surface area contributed by atoms with Crippen molar-refractivity contribution in [3.8, 4) is 5.75 Å². The number of rotatable bonds is 5. The highest BCUT2D eigenvalue weighted by atomic mass is 32.1. The van der Waals surface area contributed by atoms with Crippen LogP contribution in [0.2, 0.25) is 0 Å². The maximum atomic E-state index is 12.7. The van der Waals surface area contributed by atoms with Crippen molar-refractivity contribution < 1.29 is 9.53 Å². The van der Waals surface area contributed by atoms with Gasteiger partial charge in [-0.15, -0.1) is 0 Å². The van der Waals surface area contributed by atoms with Crippen LogP contribution in [0.5, 0.6) is 5.75 Å². The van der Waals surface area contributed by atoms with Crippen LogP contribution in [-0.2, 0) is 17.6 Å². The van der Waals surface area contributed by atoms with Crippen LogP contribution in [0.3, 0.4) is 0 Å². The Hall–Kier alpha value is -2.60. The standard InChI is InChI=1S/C23H27N3O2S/c1-4-17-6-8-18(9-7-17)15-20(27)25-11-13-26(14-12-25)23-24-21-19(28-3)10-5-16(2)22(21)29-23/h5-10H,4,11-15H2,1-3H3. The van der Waals surface area contributed by atoms with E-state index in [0.717, 1.165) is 54.6 Å². The summed E-state index contributed by atoms with van der Waals surface area (Å²) in [5.41, 5.74) is 4.54. The Labute approximate surface area is 175 Å². The van der Waals surface area contributed by atoms with Gasteiger partial charge < -0.3 is 14.5 Å². The molecule has 29 heavy (non-hydrogen) atoms. The third-order valence-corrected chi connectivity index (χ3v) is 6.85. The molecule has 1 aromatic heterocycles. The lowest BCUT2D eigenvalue weighted by molar-refractivity contribution is -0.130. The van der Waals surface area contributed by atoms with Gasteiger partial charge in [0.25, 0.3) is 0 Å². The van der Waals surface area contributed by atoms with Gasteiger partial charge in [-0.2, -0.15) is 0 Å². The molecule has 1 amide bonds. The zero-order valence-electron chi connectivity index (χ0n) is 17.3. The second-order valence-electron chi connectivity index (χ2n) is 7.47. The van der Waals surface area contributed by atoms with E-state index < -0.39 is 0 Å². The first kappa shape index (κ1) is 19.7. The first-order valence-corrected chi connectivity index (χ1v) is 11.0. The van der Waals surface area contributed by atoms with Crippen molar-refractivity contribution in [2.24, 2.45) is 0 Å². The van der Waals surface area contributed by atoms with Crippen LogP contribution in [0.25, 0.3) is 10.2 Å². The Balaban J connectivity index is 1.40. The number of carbonyl (C=O) groups is 1. The summed E-state index contributed by atoms with van der Waals surface area (Å²) in [5, 5.41) is 1.01. The van der Waals surface area contributed by atoms with Crippen LogP contribution in [0.15, 0.2) is 36.4 Å². The Morgan fingerprint density at radius 1 is 1.07 bits per heavy atom. The fourth-order valence-electron chi connectivity index (χ4n) is 3.72. The Bertz CT molecular complexity index is 1000. The fraction of sp³-hybridized carbons (Fsp3) is 0.391. The van der Waals surface area contributed by atoms with E-state index in [9.17, 15) is 4.79 Å². The van der Waals surface area contributed by atoms with Gasteiger partial charge in [-0.1, -0.05) is 48.6 Å². The first-order chi connectivity index (χ1) is 14.1. The van der Waals surface area contributed by atoms with E-state index in [1.165, 1.54) is 15.8 Å². The van der Waals surface area contributed by atoms with Gasteiger partial charge in [-0.25, -0.2) is 4.98 Å². The van der Waals surface area contributed by atoms with Crippen LogP contribution < -0.4 is 9.64 Å². The number of carbonyl (C=O) groups excluding carboxylic acids is 1. The topological polar surface area (TPSA) is 45.7 Å². The monoisotopic (exact) mass is 409 g/mol. The van der Waals surface area contributed by atoms with Gasteiger partial charge in [-0.05, 0) is 36.1 Å². The maximum Gasteiger partial charge on any atom is 0.227 e. The van der Waals surface area contributed by atoms with Crippen LogP contribution in [0.4, 0.5) is 5.13 Å². The number of amides is 1. The molecule has 1 fully saturated rings. The molecule has 2 aromatic carbocycles. The summed E-state index contributed by atoms with van der Waals surface area (Å²) in [5.74, 6) is 1.02. The second-order valence-corrected chi connectivity index (χ2v) is 8.45. The number of nitrogens with zero attached hydrogens (tertiary/aromatic N) is 3. The molecule has 0 N–H and O–H groups in total. The molecule has 0 radical (unpaired) electrons. The largest absolute Gasteiger partial charge is 0.494 e. The number of methoxy groups -OCH3 is 1. The molecule has 1 aliphatic heterocycles. The average molecular weight is 410 g/mol. The lowest BCUT2D eigenvalue weighted by atomic mass is 10.1. The number of fused-ring (bicyclic) bond motifs is 1. The van der Waals surface area contributed by atoms with Gasteiger partial charge in [0, 0.05) is 26.2 Å². The fourth-order valence-corrected chi connectivity index (χ4v) is 4.83. The van der Waals surface area contributed by atoms with Crippen molar-refractivity contribution in [2.75, 3.05) is 38.2 Å². The minimum Gasteiger partial charge on any atom is -0.494 e. The van der Waals surface area contributed by atoms with E-state index in [4.69, 9.17) is 9.72 Å². The highest BCUT2D eigenvalue weighted by Gasteiger charge is 2.24. The number of aryl methyl sites for hydroxylation is 2. The normalized spacial score (nSPS) is 14.4. The van der Waals surface area contributed by atoms with E-state index in [-0.39, 0.29) is 5.91 Å². The van der Waals surface area contributed by atoms with Gasteiger partial charge in [0.05, 0.1) is 18.2 Å². The van der Waals surface area contributed by atoms with E-state index >= 15 is 0 Å². The van der Waals surface area contributed by atoms with Crippen molar-refractivity contribution in [1.82, 2.24) is 9.88 Å². The predicted octanol–water partition coefficient (Wildman–Crippen LogP) is 4.07. The summed E-state index contributed by atoms with van der Waals surface area (Å²) >= 11 is 1.71. The highest BCUT2D eigenvalue weighted by Crippen LogP contribution is 2.36. The van der Waals surface area contributed by atoms with Gasteiger partial charge in [0.2, 0.25) is 5.91 Å². The number of thiazole rings is 1. The maximum absolute atomic E-state index is 12.7. The lowest BCUT2D eigenvalue weighted by Crippen LogP contribution is -2.49. The summed E-state index contributed by atoms with van der Waals surface area (Å²) in [6, 6.07) is 12.4. The molecule has 2 heterocycles. The van der Waals surface area contributed by atoms with Gasteiger partial charge in [0.1, 0.15) is 11.3 Å². The number of benzene rings is 2. The number of piperazine rings is 1.